The summed E-state index contributed by atoms with van der Waals surface area (Å²) in [7, 11) is -3.58. The zero-order valence-corrected chi connectivity index (χ0v) is 17.0. The Morgan fingerprint density at radius 2 is 1.33 bits per heavy atom. The number of hydrogen-bond acceptors (Lipinski definition) is 5. The van der Waals surface area contributed by atoms with E-state index in [1.54, 1.807) is 59.5 Å². The van der Waals surface area contributed by atoms with Crippen molar-refractivity contribution >= 4 is 27.7 Å². The molecule has 0 N–H and O–H groups in total. The molecule has 2 aromatic carbocycles. The van der Waals surface area contributed by atoms with E-state index in [0.29, 0.717) is 11.1 Å². The third kappa shape index (κ3) is 3.61. The fourth-order valence-electron chi connectivity index (χ4n) is 3.73. The lowest BCUT2D eigenvalue weighted by atomic mass is 10.1. The number of sulfonamides is 1. The maximum absolute atomic E-state index is 12.7. The average molecular weight is 427 g/mol. The van der Waals surface area contributed by atoms with Crippen molar-refractivity contribution in [3.05, 3.63) is 65.7 Å². The average Bonchev–Trinajstić information content (AvgIpc) is 3.03. The summed E-state index contributed by atoms with van der Waals surface area (Å²) in [6.07, 6.45) is 0.0108. The van der Waals surface area contributed by atoms with Crippen LogP contribution in [0.2, 0.25) is 0 Å². The Morgan fingerprint density at radius 1 is 0.800 bits per heavy atom. The van der Waals surface area contributed by atoms with Crippen LogP contribution in [0.3, 0.4) is 0 Å². The van der Waals surface area contributed by atoms with Crippen LogP contribution in [-0.4, -0.2) is 73.0 Å². The van der Waals surface area contributed by atoms with Crippen LogP contribution < -0.4 is 0 Å². The Balaban J connectivity index is 1.32. The number of nitrogens with zero attached hydrogens (tertiary/aromatic N) is 3. The van der Waals surface area contributed by atoms with Crippen LogP contribution in [0.15, 0.2) is 59.5 Å². The van der Waals surface area contributed by atoms with Crippen molar-refractivity contribution in [3.8, 4) is 0 Å². The van der Waals surface area contributed by atoms with E-state index in [9.17, 15) is 22.8 Å². The number of amides is 3. The van der Waals surface area contributed by atoms with Crippen LogP contribution in [0.25, 0.3) is 0 Å². The number of carbonyl (C=O) groups excluding carboxylic acids is 3. The van der Waals surface area contributed by atoms with Gasteiger partial charge in [-0.15, -0.1) is 0 Å². The van der Waals surface area contributed by atoms with E-state index >= 15 is 0 Å². The number of hydrogen-bond donors (Lipinski definition) is 0. The van der Waals surface area contributed by atoms with Gasteiger partial charge in [0.25, 0.3) is 11.8 Å². The summed E-state index contributed by atoms with van der Waals surface area (Å²) in [5.74, 6) is -0.979. The molecular weight excluding hydrogens is 406 g/mol. The second-order valence-electron chi connectivity index (χ2n) is 7.16. The number of imide groups is 1. The first-order valence-corrected chi connectivity index (χ1v) is 11.1. The number of carbonyl (C=O) groups is 3. The molecule has 0 radical (unpaired) electrons. The van der Waals surface area contributed by atoms with Crippen LogP contribution in [0.5, 0.6) is 0 Å². The van der Waals surface area contributed by atoms with Gasteiger partial charge in [-0.05, 0) is 24.3 Å². The first-order chi connectivity index (χ1) is 14.4. The van der Waals surface area contributed by atoms with Gasteiger partial charge < -0.3 is 4.90 Å². The van der Waals surface area contributed by atoms with Crippen LogP contribution in [0.4, 0.5) is 0 Å². The maximum atomic E-state index is 12.7. The topological polar surface area (TPSA) is 95.1 Å². The smallest absolute Gasteiger partial charge is 0.261 e. The van der Waals surface area contributed by atoms with Crippen molar-refractivity contribution in [2.75, 3.05) is 32.7 Å². The molecule has 2 heterocycles. The van der Waals surface area contributed by atoms with Crippen LogP contribution >= 0.6 is 0 Å². The number of fused-ring (bicyclic) bond motifs is 1. The van der Waals surface area contributed by atoms with Gasteiger partial charge in [0.15, 0.2) is 0 Å². The van der Waals surface area contributed by atoms with E-state index in [2.05, 4.69) is 0 Å². The lowest BCUT2D eigenvalue weighted by Gasteiger charge is -2.34. The Hall–Kier alpha value is -3.04. The van der Waals surface area contributed by atoms with Crippen molar-refractivity contribution in [2.45, 2.75) is 11.3 Å². The molecule has 2 aliphatic heterocycles. The first kappa shape index (κ1) is 20.2. The van der Waals surface area contributed by atoms with Crippen LogP contribution in [0.1, 0.15) is 27.1 Å². The van der Waals surface area contributed by atoms with Crippen molar-refractivity contribution in [1.82, 2.24) is 14.1 Å². The van der Waals surface area contributed by atoms with Gasteiger partial charge in [0, 0.05) is 39.1 Å². The third-order valence-corrected chi connectivity index (χ3v) is 7.31. The Labute approximate surface area is 174 Å². The SMILES string of the molecule is O=C(CCN1C(=O)c2ccccc2C1=O)N1CCN(S(=O)(=O)c2ccccc2)CC1. The summed E-state index contributed by atoms with van der Waals surface area (Å²) in [4.78, 5) is 40.3. The van der Waals surface area contributed by atoms with Crippen LogP contribution in [-0.2, 0) is 14.8 Å². The molecule has 8 nitrogen and oxygen atoms in total. The van der Waals surface area contributed by atoms with Gasteiger partial charge in [0.2, 0.25) is 15.9 Å². The number of piperazine rings is 1. The minimum Gasteiger partial charge on any atom is -0.340 e. The molecule has 0 unspecified atom stereocenters. The molecule has 2 aliphatic rings. The molecule has 156 valence electrons. The van der Waals surface area contributed by atoms with E-state index in [1.165, 1.54) is 4.31 Å². The van der Waals surface area contributed by atoms with Crippen molar-refractivity contribution in [2.24, 2.45) is 0 Å². The minimum atomic E-state index is -3.58. The van der Waals surface area contributed by atoms with Crippen LogP contribution in [0, 0.1) is 0 Å². The van der Waals surface area contributed by atoms with Gasteiger partial charge in [-0.3, -0.25) is 19.3 Å². The highest BCUT2D eigenvalue weighted by molar-refractivity contribution is 7.89. The summed E-state index contributed by atoms with van der Waals surface area (Å²) in [6, 6.07) is 14.8. The van der Waals surface area contributed by atoms with Gasteiger partial charge in [0.1, 0.15) is 0 Å². The molecule has 0 atom stereocenters. The summed E-state index contributed by atoms with van der Waals surface area (Å²) in [5, 5.41) is 0. The molecule has 3 amide bonds. The second-order valence-corrected chi connectivity index (χ2v) is 9.09. The molecular formula is C21H21N3O5S. The quantitative estimate of drug-likeness (QED) is 0.669. The largest absolute Gasteiger partial charge is 0.340 e. The summed E-state index contributed by atoms with van der Waals surface area (Å²) < 4.78 is 26.7. The fourth-order valence-corrected chi connectivity index (χ4v) is 5.17. The molecule has 9 heteroatoms. The fraction of sp³-hybridized carbons (Fsp3) is 0.286. The van der Waals surface area contributed by atoms with Gasteiger partial charge in [0.05, 0.1) is 16.0 Å². The minimum absolute atomic E-state index is 0.00765. The number of benzene rings is 2. The van der Waals surface area contributed by atoms with Gasteiger partial charge in [-0.25, -0.2) is 8.42 Å². The molecule has 30 heavy (non-hydrogen) atoms. The Morgan fingerprint density at radius 3 is 1.90 bits per heavy atom. The molecule has 0 bridgehead atoms. The molecule has 0 saturated carbocycles. The molecule has 0 aromatic heterocycles. The highest BCUT2D eigenvalue weighted by Crippen LogP contribution is 2.23. The van der Waals surface area contributed by atoms with Crippen molar-refractivity contribution < 1.29 is 22.8 Å². The van der Waals surface area contributed by atoms with E-state index in [1.807, 2.05) is 0 Å². The zero-order chi connectivity index (χ0) is 21.3. The molecule has 1 saturated heterocycles. The highest BCUT2D eigenvalue weighted by atomic mass is 32.2. The van der Waals surface area contributed by atoms with E-state index in [-0.39, 0.29) is 61.8 Å². The maximum Gasteiger partial charge on any atom is 0.261 e. The molecule has 1 fully saturated rings. The van der Waals surface area contributed by atoms with Gasteiger partial charge in [-0.2, -0.15) is 4.31 Å². The van der Waals surface area contributed by atoms with E-state index < -0.39 is 10.0 Å². The summed E-state index contributed by atoms with van der Waals surface area (Å²) >= 11 is 0. The van der Waals surface area contributed by atoms with E-state index in [4.69, 9.17) is 0 Å². The highest BCUT2D eigenvalue weighted by Gasteiger charge is 2.36. The Bertz CT molecular complexity index is 1060. The summed E-state index contributed by atoms with van der Waals surface area (Å²) in [5.41, 5.74) is 0.712. The second kappa shape index (κ2) is 8.00. The molecule has 0 aliphatic carbocycles. The lowest BCUT2D eigenvalue weighted by molar-refractivity contribution is -0.132. The predicted octanol–water partition coefficient (Wildman–Crippen LogP) is 1.21. The Kier molecular flexibility index (Phi) is 5.40. The predicted molar refractivity (Wildman–Crippen MR) is 108 cm³/mol. The molecule has 2 aromatic rings. The molecule has 4 rings (SSSR count). The van der Waals surface area contributed by atoms with Gasteiger partial charge in [-0.1, -0.05) is 30.3 Å². The third-order valence-electron chi connectivity index (χ3n) is 5.40. The molecule has 0 spiro atoms. The van der Waals surface area contributed by atoms with Crippen molar-refractivity contribution in [3.63, 3.8) is 0 Å². The number of rotatable bonds is 5. The lowest BCUT2D eigenvalue weighted by Crippen LogP contribution is -2.51. The summed E-state index contributed by atoms with van der Waals surface area (Å²) in [6.45, 7) is 0.958. The first-order valence-electron chi connectivity index (χ1n) is 9.68. The van der Waals surface area contributed by atoms with Crippen molar-refractivity contribution in [1.29, 1.82) is 0 Å². The standard InChI is InChI=1S/C21H21N3O5S/c25-19(10-11-24-20(26)17-8-4-5-9-18(17)21(24)27)22-12-14-23(15-13-22)30(28,29)16-6-2-1-3-7-16/h1-9H,10-15H2. The normalized spacial score (nSPS) is 17.3. The monoisotopic (exact) mass is 427 g/mol. The van der Waals surface area contributed by atoms with E-state index in [0.717, 1.165) is 4.90 Å². The zero-order valence-electron chi connectivity index (χ0n) is 16.2. The van der Waals surface area contributed by atoms with Gasteiger partial charge >= 0.3 is 0 Å².